The summed E-state index contributed by atoms with van der Waals surface area (Å²) in [6.45, 7) is 2.07. The van der Waals surface area contributed by atoms with Crippen molar-refractivity contribution in [3.05, 3.63) is 59.4 Å². The Bertz CT molecular complexity index is 726. The van der Waals surface area contributed by atoms with Crippen molar-refractivity contribution in [3.63, 3.8) is 0 Å². The molecular formula is C17H17N3OS. The third kappa shape index (κ3) is 3.36. The average molecular weight is 311 g/mol. The Hall–Kier alpha value is -2.14. The second-order valence-electron chi connectivity index (χ2n) is 5.01. The van der Waals surface area contributed by atoms with Crippen LogP contribution in [-0.2, 0) is 5.75 Å². The predicted octanol–water partition coefficient (Wildman–Crippen LogP) is 3.84. The molecule has 0 fully saturated rings. The fraction of sp³-hybridized carbons (Fsp3) is 0.235. The molecule has 5 heteroatoms. The van der Waals surface area contributed by atoms with Crippen molar-refractivity contribution in [2.45, 2.75) is 19.1 Å². The summed E-state index contributed by atoms with van der Waals surface area (Å²) in [5, 5.41) is 9.68. The number of hydrogen-bond acceptors (Lipinski definition) is 5. The minimum Gasteiger partial charge on any atom is -0.497 e. The Balaban J connectivity index is 1.61. The summed E-state index contributed by atoms with van der Waals surface area (Å²) in [5.41, 5.74) is 4.37. The number of benzene rings is 1. The van der Waals surface area contributed by atoms with E-state index in [9.17, 15) is 0 Å². The lowest BCUT2D eigenvalue weighted by Crippen LogP contribution is -2.04. The molecule has 0 radical (unpaired) electrons. The molecule has 112 valence electrons. The van der Waals surface area contributed by atoms with Crippen molar-refractivity contribution >= 4 is 22.5 Å². The van der Waals surface area contributed by atoms with E-state index in [2.05, 4.69) is 28.2 Å². The van der Waals surface area contributed by atoms with Gasteiger partial charge in [-0.2, -0.15) is 5.10 Å². The molecule has 4 nitrogen and oxygen atoms in total. The van der Waals surface area contributed by atoms with Gasteiger partial charge in [0, 0.05) is 23.9 Å². The second kappa shape index (κ2) is 6.75. The molecule has 0 atom stereocenters. The van der Waals surface area contributed by atoms with Crippen LogP contribution in [0.4, 0.5) is 0 Å². The van der Waals surface area contributed by atoms with Gasteiger partial charge in [-0.05, 0) is 42.8 Å². The van der Waals surface area contributed by atoms with Crippen LogP contribution in [-0.4, -0.2) is 22.8 Å². The predicted molar refractivity (Wildman–Crippen MR) is 91.9 cm³/mol. The van der Waals surface area contributed by atoms with E-state index in [0.29, 0.717) is 0 Å². The topological polar surface area (TPSA) is 46.8 Å². The highest BCUT2D eigenvalue weighted by Gasteiger charge is 2.17. The second-order valence-corrected chi connectivity index (χ2v) is 6.06. The van der Waals surface area contributed by atoms with E-state index in [0.717, 1.165) is 45.5 Å². The highest BCUT2D eigenvalue weighted by atomic mass is 32.2. The standard InChI is InChI=1S/C17H17N3OS/c1-12-9-14(21-2)6-7-15(12)16-10-17(20-19-16)22-11-13-5-3-4-8-18-13/h3-9H,10-11H2,1-2H3. The number of rotatable bonds is 4. The average Bonchev–Trinajstić information content (AvgIpc) is 3.02. The van der Waals surface area contributed by atoms with Crippen molar-refractivity contribution in [2.24, 2.45) is 10.2 Å². The first kappa shape index (κ1) is 14.8. The quantitative estimate of drug-likeness (QED) is 0.862. The van der Waals surface area contributed by atoms with Crippen LogP contribution in [0.1, 0.15) is 23.2 Å². The molecule has 3 rings (SSSR count). The number of methoxy groups -OCH3 is 1. The van der Waals surface area contributed by atoms with E-state index in [1.165, 1.54) is 0 Å². The minimum atomic E-state index is 0.782. The number of pyridine rings is 1. The maximum absolute atomic E-state index is 5.24. The Morgan fingerprint density at radius 3 is 2.82 bits per heavy atom. The van der Waals surface area contributed by atoms with Crippen molar-refractivity contribution in [3.8, 4) is 5.75 Å². The molecule has 1 aromatic heterocycles. The first-order chi connectivity index (χ1) is 10.8. The van der Waals surface area contributed by atoms with Crippen LogP contribution >= 0.6 is 11.8 Å². The SMILES string of the molecule is COc1ccc(C2=NN=C(SCc3ccccn3)C2)c(C)c1. The normalized spacial score (nSPS) is 13.7. The molecule has 0 unspecified atom stereocenters. The molecule has 0 spiro atoms. The maximum Gasteiger partial charge on any atom is 0.119 e. The monoisotopic (exact) mass is 311 g/mol. The van der Waals surface area contributed by atoms with Crippen molar-refractivity contribution in [2.75, 3.05) is 7.11 Å². The Kier molecular flexibility index (Phi) is 4.53. The molecule has 0 saturated carbocycles. The van der Waals surface area contributed by atoms with Crippen LogP contribution in [0.25, 0.3) is 0 Å². The maximum atomic E-state index is 5.24. The lowest BCUT2D eigenvalue weighted by Gasteiger charge is -2.07. The van der Waals surface area contributed by atoms with Gasteiger partial charge in [-0.3, -0.25) is 4.98 Å². The van der Waals surface area contributed by atoms with Gasteiger partial charge in [0.25, 0.3) is 0 Å². The van der Waals surface area contributed by atoms with E-state index in [1.807, 2.05) is 36.5 Å². The Morgan fingerprint density at radius 1 is 1.18 bits per heavy atom. The van der Waals surface area contributed by atoms with Gasteiger partial charge in [-0.1, -0.05) is 6.07 Å². The van der Waals surface area contributed by atoms with Gasteiger partial charge in [0.2, 0.25) is 0 Å². The molecule has 0 N–H and O–H groups in total. The lowest BCUT2D eigenvalue weighted by atomic mass is 10.0. The van der Waals surface area contributed by atoms with Gasteiger partial charge < -0.3 is 4.74 Å². The molecule has 0 bridgehead atoms. The summed E-state index contributed by atoms with van der Waals surface area (Å²) in [6.07, 6.45) is 2.60. The third-order valence-corrected chi connectivity index (χ3v) is 4.46. The molecule has 2 heterocycles. The molecule has 0 saturated heterocycles. The first-order valence-corrected chi connectivity index (χ1v) is 8.06. The smallest absolute Gasteiger partial charge is 0.119 e. The summed E-state index contributed by atoms with van der Waals surface area (Å²) in [4.78, 5) is 4.32. The number of nitrogens with zero attached hydrogens (tertiary/aromatic N) is 3. The Morgan fingerprint density at radius 2 is 2.09 bits per heavy atom. The summed E-state index contributed by atoms with van der Waals surface area (Å²) in [5.74, 6) is 1.69. The Labute approximate surface area is 134 Å². The highest BCUT2D eigenvalue weighted by Crippen LogP contribution is 2.24. The number of ether oxygens (including phenoxy) is 1. The minimum absolute atomic E-state index is 0.782. The van der Waals surface area contributed by atoms with Crippen molar-refractivity contribution < 1.29 is 4.74 Å². The van der Waals surface area contributed by atoms with Gasteiger partial charge in [-0.25, -0.2) is 0 Å². The number of hydrogen-bond donors (Lipinski definition) is 0. The van der Waals surface area contributed by atoms with Crippen LogP contribution in [0, 0.1) is 6.92 Å². The summed E-state index contributed by atoms with van der Waals surface area (Å²) >= 11 is 1.70. The van der Waals surface area contributed by atoms with Gasteiger partial charge in [-0.15, -0.1) is 16.9 Å². The third-order valence-electron chi connectivity index (χ3n) is 3.46. The van der Waals surface area contributed by atoms with E-state index in [4.69, 9.17) is 4.74 Å². The van der Waals surface area contributed by atoms with Gasteiger partial charge in [0.05, 0.1) is 18.5 Å². The summed E-state index contributed by atoms with van der Waals surface area (Å²) in [6, 6.07) is 12.0. The van der Waals surface area contributed by atoms with Crippen LogP contribution in [0.5, 0.6) is 5.75 Å². The number of aryl methyl sites for hydroxylation is 1. The van der Waals surface area contributed by atoms with E-state index < -0.39 is 0 Å². The zero-order valence-corrected chi connectivity index (χ0v) is 13.4. The molecule has 1 aromatic carbocycles. The summed E-state index contributed by atoms with van der Waals surface area (Å²) < 4.78 is 5.24. The van der Waals surface area contributed by atoms with Gasteiger partial charge in [0.15, 0.2) is 0 Å². The molecule has 1 aliphatic heterocycles. The van der Waals surface area contributed by atoms with Crippen molar-refractivity contribution in [1.29, 1.82) is 0 Å². The number of thioether (sulfide) groups is 1. The fourth-order valence-corrected chi connectivity index (χ4v) is 3.11. The van der Waals surface area contributed by atoms with Gasteiger partial charge >= 0.3 is 0 Å². The zero-order valence-electron chi connectivity index (χ0n) is 12.6. The van der Waals surface area contributed by atoms with E-state index >= 15 is 0 Å². The van der Waals surface area contributed by atoms with Crippen LogP contribution in [0.15, 0.2) is 52.8 Å². The molecule has 0 amide bonds. The molecule has 1 aliphatic rings. The number of aromatic nitrogens is 1. The molecule has 2 aromatic rings. The molecule has 22 heavy (non-hydrogen) atoms. The zero-order chi connectivity index (χ0) is 15.4. The fourth-order valence-electron chi connectivity index (χ4n) is 2.29. The lowest BCUT2D eigenvalue weighted by molar-refractivity contribution is 0.414. The first-order valence-electron chi connectivity index (χ1n) is 7.07. The summed E-state index contributed by atoms with van der Waals surface area (Å²) in [7, 11) is 1.68. The van der Waals surface area contributed by atoms with E-state index in [-0.39, 0.29) is 0 Å². The highest BCUT2D eigenvalue weighted by molar-refractivity contribution is 8.13. The van der Waals surface area contributed by atoms with Crippen LogP contribution < -0.4 is 4.74 Å². The molecule has 0 aliphatic carbocycles. The molecular weight excluding hydrogens is 294 g/mol. The van der Waals surface area contributed by atoms with Crippen LogP contribution in [0.2, 0.25) is 0 Å². The van der Waals surface area contributed by atoms with Crippen molar-refractivity contribution in [1.82, 2.24) is 4.98 Å². The van der Waals surface area contributed by atoms with Crippen LogP contribution in [0.3, 0.4) is 0 Å². The van der Waals surface area contributed by atoms with Gasteiger partial charge in [0.1, 0.15) is 10.8 Å². The largest absolute Gasteiger partial charge is 0.497 e. The van der Waals surface area contributed by atoms with E-state index in [1.54, 1.807) is 18.9 Å².